The number of rotatable bonds is 2. The van der Waals surface area contributed by atoms with Gasteiger partial charge in [-0.15, -0.1) is 0 Å². The van der Waals surface area contributed by atoms with E-state index in [9.17, 15) is 18.5 Å². The number of nitriles is 1. The minimum atomic E-state index is -3.94. The first-order valence-corrected chi connectivity index (χ1v) is 8.64. The van der Waals surface area contributed by atoms with Gasteiger partial charge in [0.05, 0.1) is 4.92 Å². The molecule has 1 saturated heterocycles. The molecule has 1 aliphatic rings. The van der Waals surface area contributed by atoms with Crippen molar-refractivity contribution in [1.82, 2.24) is 4.90 Å². The van der Waals surface area contributed by atoms with Crippen molar-refractivity contribution in [3.8, 4) is 6.19 Å². The van der Waals surface area contributed by atoms with E-state index in [1.807, 2.05) is 4.90 Å². The van der Waals surface area contributed by atoms with Crippen LogP contribution in [-0.2, 0) is 10.0 Å². The minimum absolute atomic E-state index is 0.200. The molecule has 0 unspecified atom stereocenters. The third-order valence-electron chi connectivity index (χ3n) is 3.11. The molecule has 0 bridgehead atoms. The van der Waals surface area contributed by atoms with E-state index in [-0.39, 0.29) is 15.1 Å². The second-order valence-electron chi connectivity index (χ2n) is 4.70. The topological polar surface area (TPSA) is 130 Å². The van der Waals surface area contributed by atoms with Crippen molar-refractivity contribution in [3.05, 3.63) is 32.8 Å². The zero-order valence-corrected chi connectivity index (χ0v) is 14.2. The third-order valence-corrected chi connectivity index (χ3v) is 5.02. The lowest BCUT2D eigenvalue weighted by atomic mass is 10.2. The molecule has 1 aromatic carbocycles. The Bertz CT molecular complexity index is 702. The highest BCUT2D eigenvalue weighted by molar-refractivity contribution is 9.10. The Balaban J connectivity index is 0.000000255. The van der Waals surface area contributed by atoms with Gasteiger partial charge < -0.3 is 4.90 Å². The molecule has 0 aromatic heterocycles. The number of non-ortho nitro benzene ring substituents is 1. The first-order valence-electron chi connectivity index (χ1n) is 6.30. The number of nitrogens with two attached hydrogens (primary N) is 1. The molecule has 120 valence electrons. The van der Waals surface area contributed by atoms with Gasteiger partial charge in [-0.2, -0.15) is 5.26 Å². The van der Waals surface area contributed by atoms with Crippen LogP contribution in [0.2, 0.25) is 0 Å². The van der Waals surface area contributed by atoms with E-state index < -0.39 is 14.9 Å². The number of primary sulfonamides is 1. The van der Waals surface area contributed by atoms with Crippen LogP contribution in [0, 0.1) is 21.6 Å². The molecule has 1 atom stereocenters. The summed E-state index contributed by atoms with van der Waals surface area (Å²) in [7, 11) is -3.94. The quantitative estimate of drug-likeness (QED) is 0.466. The summed E-state index contributed by atoms with van der Waals surface area (Å²) in [6.07, 6.45) is 4.52. The maximum Gasteiger partial charge on any atom is 0.270 e. The fourth-order valence-electron chi connectivity index (χ4n) is 1.91. The molecule has 0 amide bonds. The zero-order chi connectivity index (χ0) is 16.9. The highest BCUT2D eigenvalue weighted by atomic mass is 79.9. The first-order chi connectivity index (χ1) is 10.2. The van der Waals surface area contributed by atoms with Crippen molar-refractivity contribution < 1.29 is 13.3 Å². The molecule has 22 heavy (non-hydrogen) atoms. The van der Waals surface area contributed by atoms with E-state index in [1.54, 1.807) is 0 Å². The second-order valence-corrected chi connectivity index (χ2v) is 7.09. The smallest absolute Gasteiger partial charge is 0.270 e. The number of sulfonamides is 1. The number of hydrogen-bond donors (Lipinski definition) is 1. The van der Waals surface area contributed by atoms with Crippen molar-refractivity contribution >= 4 is 31.6 Å². The van der Waals surface area contributed by atoms with Gasteiger partial charge >= 0.3 is 0 Å². The molecule has 1 aliphatic heterocycles. The van der Waals surface area contributed by atoms with E-state index in [0.717, 1.165) is 12.6 Å². The lowest BCUT2D eigenvalue weighted by Gasteiger charge is -2.10. The summed E-state index contributed by atoms with van der Waals surface area (Å²) < 4.78 is 22.1. The van der Waals surface area contributed by atoms with Crippen molar-refractivity contribution in [1.29, 1.82) is 5.26 Å². The molecule has 0 spiro atoms. The number of likely N-dealkylation sites (tertiary alicyclic amines) is 1. The Hall–Kier alpha value is -1.70. The van der Waals surface area contributed by atoms with Crippen LogP contribution in [0.15, 0.2) is 27.6 Å². The summed E-state index contributed by atoms with van der Waals surface area (Å²) in [5.41, 5.74) is -0.322. The average Bonchev–Trinajstić information content (AvgIpc) is 2.83. The van der Waals surface area contributed by atoms with Gasteiger partial charge in [0.15, 0.2) is 6.19 Å². The molecule has 2 N–H and O–H groups in total. The monoisotopic (exact) mass is 390 g/mol. The molecule has 0 saturated carbocycles. The molecule has 1 heterocycles. The fourth-order valence-corrected chi connectivity index (χ4v) is 3.45. The van der Waals surface area contributed by atoms with Crippen LogP contribution in [0.3, 0.4) is 0 Å². The normalized spacial score (nSPS) is 17.4. The van der Waals surface area contributed by atoms with Crippen LogP contribution in [0.1, 0.15) is 19.8 Å². The van der Waals surface area contributed by atoms with Crippen LogP contribution in [0.5, 0.6) is 0 Å². The van der Waals surface area contributed by atoms with Crippen LogP contribution in [-0.4, -0.2) is 30.8 Å². The maximum atomic E-state index is 11.0. The van der Waals surface area contributed by atoms with Gasteiger partial charge in [-0.1, -0.05) is 0 Å². The lowest BCUT2D eigenvalue weighted by Crippen LogP contribution is -2.20. The maximum absolute atomic E-state index is 11.0. The summed E-state index contributed by atoms with van der Waals surface area (Å²) in [5, 5.41) is 23.6. The summed E-state index contributed by atoms with van der Waals surface area (Å²) in [6.45, 7) is 3.06. The Morgan fingerprint density at radius 1 is 1.55 bits per heavy atom. The van der Waals surface area contributed by atoms with Crippen molar-refractivity contribution in [3.63, 3.8) is 0 Å². The Labute approximate surface area is 136 Å². The SMILES string of the molecule is C[C@H]1CCCN1C#N.NS(=O)(=O)c1cc([N+](=O)[O-])ccc1Br. The molecule has 8 nitrogen and oxygen atoms in total. The molecule has 1 fully saturated rings. The summed E-state index contributed by atoms with van der Waals surface area (Å²) in [6, 6.07) is 3.84. The molecule has 0 radical (unpaired) electrons. The number of halogens is 1. The fraction of sp³-hybridized carbons (Fsp3) is 0.417. The van der Waals surface area contributed by atoms with Crippen LogP contribution in [0.4, 0.5) is 5.69 Å². The van der Waals surface area contributed by atoms with Crippen LogP contribution in [0.25, 0.3) is 0 Å². The molecule has 0 aliphatic carbocycles. The Morgan fingerprint density at radius 2 is 2.18 bits per heavy atom. The standard InChI is InChI=1S/C6H5BrN2O4S.C6H10N2/c7-5-2-1-4(9(10)11)3-6(5)14(8,12)13;1-6-3-2-4-8(6)5-7/h1-3H,(H2,8,12,13);6H,2-4H2,1H3/t;6-/m.0/s1. The van der Waals surface area contributed by atoms with Gasteiger partial charge in [0, 0.05) is 29.2 Å². The van der Waals surface area contributed by atoms with E-state index in [1.165, 1.54) is 25.0 Å². The van der Waals surface area contributed by atoms with Crippen molar-refractivity contribution in [2.24, 2.45) is 5.14 Å². The predicted molar refractivity (Wildman–Crippen MR) is 83.2 cm³/mol. The van der Waals surface area contributed by atoms with Gasteiger partial charge in [0.25, 0.3) is 5.69 Å². The second kappa shape index (κ2) is 7.53. The van der Waals surface area contributed by atoms with Crippen molar-refractivity contribution in [2.75, 3.05) is 6.54 Å². The largest absolute Gasteiger partial charge is 0.308 e. The predicted octanol–water partition coefficient (Wildman–Crippen LogP) is 1.96. The Morgan fingerprint density at radius 3 is 2.55 bits per heavy atom. The van der Waals surface area contributed by atoms with Gasteiger partial charge in [-0.3, -0.25) is 10.1 Å². The highest BCUT2D eigenvalue weighted by Crippen LogP contribution is 2.25. The molecule has 2 rings (SSSR count). The average molecular weight is 391 g/mol. The van der Waals surface area contributed by atoms with Gasteiger partial charge in [0.2, 0.25) is 10.0 Å². The number of nitrogens with zero attached hydrogens (tertiary/aromatic N) is 3. The molecular formula is C12H15BrN4O4S. The summed E-state index contributed by atoms with van der Waals surface area (Å²) in [5.74, 6) is 0. The van der Waals surface area contributed by atoms with E-state index >= 15 is 0 Å². The summed E-state index contributed by atoms with van der Waals surface area (Å²) >= 11 is 2.93. The van der Waals surface area contributed by atoms with Crippen LogP contribution >= 0.6 is 15.9 Å². The van der Waals surface area contributed by atoms with E-state index in [0.29, 0.717) is 6.04 Å². The van der Waals surface area contributed by atoms with E-state index in [4.69, 9.17) is 10.4 Å². The zero-order valence-electron chi connectivity index (χ0n) is 11.8. The van der Waals surface area contributed by atoms with Gasteiger partial charge in [0.1, 0.15) is 4.90 Å². The number of benzene rings is 1. The van der Waals surface area contributed by atoms with Gasteiger partial charge in [-0.25, -0.2) is 13.6 Å². The minimum Gasteiger partial charge on any atom is -0.308 e. The lowest BCUT2D eigenvalue weighted by molar-refractivity contribution is -0.385. The van der Waals surface area contributed by atoms with Crippen LogP contribution < -0.4 is 5.14 Å². The summed E-state index contributed by atoms with van der Waals surface area (Å²) in [4.78, 5) is 11.2. The van der Waals surface area contributed by atoms with Crippen molar-refractivity contribution in [2.45, 2.75) is 30.7 Å². The molecular weight excluding hydrogens is 376 g/mol. The molecule has 1 aromatic rings. The Kier molecular flexibility index (Phi) is 6.28. The first kappa shape index (κ1) is 18.3. The third kappa shape index (κ3) is 4.94. The highest BCUT2D eigenvalue weighted by Gasteiger charge is 2.18. The van der Waals surface area contributed by atoms with Gasteiger partial charge in [-0.05, 0) is 41.8 Å². The van der Waals surface area contributed by atoms with E-state index in [2.05, 4.69) is 29.0 Å². The number of nitro groups is 1. The number of nitro benzene ring substituents is 1. The number of hydrogen-bond acceptors (Lipinski definition) is 6. The molecule has 10 heteroatoms.